The van der Waals surface area contributed by atoms with E-state index in [1.807, 2.05) is 0 Å². The molecule has 0 radical (unpaired) electrons. The Labute approximate surface area is 168 Å². The number of nitrogens with one attached hydrogen (secondary N) is 1. The lowest BCUT2D eigenvalue weighted by Crippen LogP contribution is -2.46. The monoisotopic (exact) mass is 447 g/mol. The summed E-state index contributed by atoms with van der Waals surface area (Å²) in [5.41, 5.74) is 4.57. The second kappa shape index (κ2) is 8.13. The third-order valence-electron chi connectivity index (χ3n) is 4.32. The Kier molecular flexibility index (Phi) is 5.96. The number of alkyl halides is 2. The first-order valence-corrected chi connectivity index (χ1v) is 10.7. The van der Waals surface area contributed by atoms with Gasteiger partial charge in [-0.15, -0.1) is 11.3 Å². The molecule has 3 N–H and O–H groups in total. The zero-order valence-electron chi connectivity index (χ0n) is 14.8. The number of carbonyl (C=O) groups excluding carboxylic acids is 2. The topological polar surface area (TPSA) is 110 Å². The zero-order valence-corrected chi connectivity index (χ0v) is 16.4. The van der Waals surface area contributed by atoms with Gasteiger partial charge in [-0.25, -0.2) is 21.6 Å². The van der Waals surface area contributed by atoms with E-state index in [9.17, 15) is 31.2 Å². The summed E-state index contributed by atoms with van der Waals surface area (Å²) in [5, 5.41) is 2.01. The highest BCUT2D eigenvalue weighted by Crippen LogP contribution is 2.36. The molecule has 1 aromatic carbocycles. The SMILES string of the molecule is NC(=O)c1cc(S(=O)(=O)N2CCCC(F)C2F)sc1NC(=O)c1ccccc1F. The van der Waals surface area contributed by atoms with Crippen molar-refractivity contribution in [1.82, 2.24) is 4.31 Å². The van der Waals surface area contributed by atoms with E-state index in [4.69, 9.17) is 5.73 Å². The Morgan fingerprint density at radius 1 is 1.21 bits per heavy atom. The van der Waals surface area contributed by atoms with Gasteiger partial charge in [0.2, 0.25) is 0 Å². The minimum absolute atomic E-state index is 0.103. The standard InChI is InChI=1S/C17H16F3N3O4S2/c18-11-5-2-1-4-9(11)16(25)22-17-10(15(21)24)8-13(28-17)29(26,27)23-7-3-6-12(19)14(23)20/h1-2,4-5,8,12,14H,3,6-7H2,(H2,21,24)(H,22,25). The average Bonchev–Trinajstić information content (AvgIpc) is 3.09. The quantitative estimate of drug-likeness (QED) is 0.687. The lowest BCUT2D eigenvalue weighted by atomic mass is 10.1. The first-order chi connectivity index (χ1) is 13.6. The van der Waals surface area contributed by atoms with Crippen molar-refractivity contribution in [2.75, 3.05) is 11.9 Å². The number of nitrogens with two attached hydrogens (primary N) is 1. The van der Waals surface area contributed by atoms with Gasteiger partial charge in [-0.3, -0.25) is 9.59 Å². The number of primary amides is 1. The van der Waals surface area contributed by atoms with Crippen LogP contribution in [0.3, 0.4) is 0 Å². The molecule has 2 aromatic rings. The summed E-state index contributed by atoms with van der Waals surface area (Å²) < 4.78 is 66.9. The molecular weight excluding hydrogens is 431 g/mol. The number of nitrogens with zero attached hydrogens (tertiary/aromatic N) is 1. The average molecular weight is 447 g/mol. The Morgan fingerprint density at radius 2 is 1.90 bits per heavy atom. The minimum atomic E-state index is -4.48. The van der Waals surface area contributed by atoms with Gasteiger partial charge in [-0.05, 0) is 31.0 Å². The van der Waals surface area contributed by atoms with E-state index in [0.717, 1.165) is 12.1 Å². The molecule has 2 amide bonds. The van der Waals surface area contributed by atoms with Crippen LogP contribution in [0.4, 0.5) is 18.2 Å². The third-order valence-corrected chi connectivity index (χ3v) is 7.67. The molecule has 2 unspecified atom stereocenters. The van der Waals surface area contributed by atoms with Crippen LogP contribution in [0.5, 0.6) is 0 Å². The number of amides is 2. The number of carbonyl (C=O) groups is 2. The van der Waals surface area contributed by atoms with Gasteiger partial charge < -0.3 is 11.1 Å². The van der Waals surface area contributed by atoms with Crippen molar-refractivity contribution >= 4 is 38.2 Å². The number of benzene rings is 1. The van der Waals surface area contributed by atoms with E-state index in [0.29, 0.717) is 15.6 Å². The minimum Gasteiger partial charge on any atom is -0.366 e. The Balaban J connectivity index is 1.96. The Morgan fingerprint density at radius 3 is 2.55 bits per heavy atom. The van der Waals surface area contributed by atoms with Gasteiger partial charge in [0.1, 0.15) is 21.2 Å². The molecule has 2 heterocycles. The maximum atomic E-state index is 14.1. The smallest absolute Gasteiger partial charge is 0.259 e. The molecule has 1 fully saturated rings. The molecule has 1 aliphatic rings. The van der Waals surface area contributed by atoms with Gasteiger partial charge in [-0.1, -0.05) is 12.1 Å². The van der Waals surface area contributed by atoms with Crippen LogP contribution in [0.15, 0.2) is 34.5 Å². The Hall–Kier alpha value is -2.44. The molecule has 7 nitrogen and oxygen atoms in total. The van der Waals surface area contributed by atoms with E-state index in [-0.39, 0.29) is 35.5 Å². The molecule has 3 rings (SSSR count). The van der Waals surface area contributed by atoms with Crippen LogP contribution in [0.25, 0.3) is 0 Å². The largest absolute Gasteiger partial charge is 0.366 e. The summed E-state index contributed by atoms with van der Waals surface area (Å²) in [6.45, 7) is -0.232. The van der Waals surface area contributed by atoms with Gasteiger partial charge in [0.05, 0.1) is 11.1 Å². The summed E-state index contributed by atoms with van der Waals surface area (Å²) in [6, 6.07) is 5.93. The molecule has 156 valence electrons. The van der Waals surface area contributed by atoms with Gasteiger partial charge >= 0.3 is 0 Å². The lowest BCUT2D eigenvalue weighted by Gasteiger charge is -2.31. The van der Waals surface area contributed by atoms with E-state index < -0.39 is 44.3 Å². The molecule has 1 aromatic heterocycles. The molecule has 0 spiro atoms. The normalized spacial score (nSPS) is 20.4. The second-order valence-electron chi connectivity index (χ2n) is 6.25. The molecular formula is C17H16F3N3O4S2. The van der Waals surface area contributed by atoms with Crippen LogP contribution in [0, 0.1) is 5.82 Å². The Bertz CT molecular complexity index is 1060. The molecule has 0 aliphatic carbocycles. The van der Waals surface area contributed by atoms with Crippen LogP contribution in [0.1, 0.15) is 33.6 Å². The van der Waals surface area contributed by atoms with Crippen molar-refractivity contribution in [2.45, 2.75) is 29.5 Å². The van der Waals surface area contributed by atoms with Gasteiger partial charge in [-0.2, -0.15) is 4.31 Å². The van der Waals surface area contributed by atoms with Gasteiger partial charge in [0.15, 0.2) is 6.30 Å². The first-order valence-electron chi connectivity index (χ1n) is 8.42. The van der Waals surface area contributed by atoms with Crippen molar-refractivity contribution in [1.29, 1.82) is 0 Å². The van der Waals surface area contributed by atoms with E-state index >= 15 is 0 Å². The molecule has 0 saturated carbocycles. The van der Waals surface area contributed by atoms with Crippen molar-refractivity contribution < 1.29 is 31.2 Å². The summed E-state index contributed by atoms with van der Waals surface area (Å²) in [6.07, 6.45) is -4.29. The van der Waals surface area contributed by atoms with E-state index in [1.165, 1.54) is 18.2 Å². The van der Waals surface area contributed by atoms with E-state index in [1.54, 1.807) is 0 Å². The lowest BCUT2D eigenvalue weighted by molar-refractivity contribution is 0.0348. The first kappa shape index (κ1) is 21.3. The van der Waals surface area contributed by atoms with Crippen LogP contribution in [0.2, 0.25) is 0 Å². The fourth-order valence-corrected chi connectivity index (χ4v) is 5.85. The summed E-state index contributed by atoms with van der Waals surface area (Å²) in [5.74, 6) is -2.80. The predicted molar refractivity (Wildman–Crippen MR) is 100 cm³/mol. The van der Waals surface area contributed by atoms with Crippen LogP contribution < -0.4 is 11.1 Å². The molecule has 0 bridgehead atoms. The fraction of sp³-hybridized carbons (Fsp3) is 0.294. The molecule has 2 atom stereocenters. The summed E-state index contributed by atoms with van der Waals surface area (Å²) in [7, 11) is -4.48. The summed E-state index contributed by atoms with van der Waals surface area (Å²) >= 11 is 0.447. The second-order valence-corrected chi connectivity index (χ2v) is 9.42. The number of piperidine rings is 1. The third kappa shape index (κ3) is 4.14. The zero-order chi connectivity index (χ0) is 21.3. The van der Waals surface area contributed by atoms with Crippen LogP contribution in [-0.4, -0.2) is 43.5 Å². The molecule has 1 aliphatic heterocycles. The van der Waals surface area contributed by atoms with Crippen molar-refractivity contribution in [3.05, 3.63) is 47.3 Å². The number of halogens is 3. The van der Waals surface area contributed by atoms with Crippen LogP contribution >= 0.6 is 11.3 Å². The predicted octanol–water partition coefficient (Wildman–Crippen LogP) is 2.66. The highest BCUT2D eigenvalue weighted by atomic mass is 32.2. The van der Waals surface area contributed by atoms with Gasteiger partial charge in [0, 0.05) is 6.54 Å². The molecule has 29 heavy (non-hydrogen) atoms. The number of thiophene rings is 1. The van der Waals surface area contributed by atoms with Crippen molar-refractivity contribution in [3.8, 4) is 0 Å². The van der Waals surface area contributed by atoms with Crippen molar-refractivity contribution in [3.63, 3.8) is 0 Å². The molecule has 12 heteroatoms. The maximum Gasteiger partial charge on any atom is 0.259 e. The van der Waals surface area contributed by atoms with E-state index in [2.05, 4.69) is 5.32 Å². The maximum absolute atomic E-state index is 14.1. The number of hydrogen-bond acceptors (Lipinski definition) is 5. The van der Waals surface area contributed by atoms with Crippen LogP contribution in [-0.2, 0) is 10.0 Å². The fourth-order valence-electron chi connectivity index (χ4n) is 2.84. The van der Waals surface area contributed by atoms with Crippen molar-refractivity contribution in [2.24, 2.45) is 5.73 Å². The van der Waals surface area contributed by atoms with Gasteiger partial charge in [0.25, 0.3) is 21.8 Å². The molecule has 1 saturated heterocycles. The number of rotatable bonds is 5. The number of anilines is 1. The summed E-state index contributed by atoms with van der Waals surface area (Å²) in [4.78, 5) is 24.0. The highest BCUT2D eigenvalue weighted by molar-refractivity contribution is 7.91. The number of hydrogen-bond donors (Lipinski definition) is 2. The highest BCUT2D eigenvalue weighted by Gasteiger charge is 2.41. The number of sulfonamides is 1.